The van der Waals surface area contributed by atoms with Crippen LogP contribution in [0.15, 0.2) is 53.4 Å². The van der Waals surface area contributed by atoms with Crippen LogP contribution in [0.25, 0.3) is 0 Å². The van der Waals surface area contributed by atoms with E-state index in [2.05, 4.69) is 0 Å². The van der Waals surface area contributed by atoms with Gasteiger partial charge in [-0.15, -0.1) is 12.4 Å². The van der Waals surface area contributed by atoms with Crippen molar-refractivity contribution in [2.75, 3.05) is 26.4 Å². The largest absolute Gasteiger partial charge is 0.454 e. The first kappa shape index (κ1) is 19.0. The fraction of sp³-hybridized carbons (Fsp3) is 0.333. The average molecular weight is 397 g/mol. The molecular weight excluding hydrogens is 376 g/mol. The van der Waals surface area contributed by atoms with Gasteiger partial charge in [-0.3, -0.25) is 0 Å². The van der Waals surface area contributed by atoms with Gasteiger partial charge in [0.1, 0.15) is 0 Å². The van der Waals surface area contributed by atoms with Gasteiger partial charge >= 0.3 is 0 Å². The summed E-state index contributed by atoms with van der Waals surface area (Å²) in [6, 6.07) is 14.7. The highest BCUT2D eigenvalue weighted by Crippen LogP contribution is 2.38. The number of nitrogens with zero attached hydrogens (tertiary/aromatic N) is 1. The molecule has 0 amide bonds. The Labute approximate surface area is 159 Å². The van der Waals surface area contributed by atoms with Crippen molar-refractivity contribution in [3.05, 3.63) is 54.1 Å². The van der Waals surface area contributed by atoms with E-state index >= 15 is 0 Å². The van der Waals surface area contributed by atoms with Crippen LogP contribution in [0.2, 0.25) is 0 Å². The van der Waals surface area contributed by atoms with Crippen LogP contribution >= 0.6 is 12.4 Å². The molecule has 2 aromatic carbocycles. The van der Waals surface area contributed by atoms with Gasteiger partial charge in [-0.25, -0.2) is 8.42 Å². The summed E-state index contributed by atoms with van der Waals surface area (Å²) in [4.78, 5) is 0.223. The van der Waals surface area contributed by atoms with Crippen LogP contribution in [0.1, 0.15) is 11.5 Å². The quantitative estimate of drug-likeness (QED) is 0.856. The fourth-order valence-corrected chi connectivity index (χ4v) is 5.07. The van der Waals surface area contributed by atoms with E-state index in [0.29, 0.717) is 31.1 Å². The van der Waals surface area contributed by atoms with Crippen LogP contribution in [-0.2, 0) is 10.0 Å². The first-order valence-electron chi connectivity index (χ1n) is 8.24. The first-order chi connectivity index (χ1) is 12.1. The van der Waals surface area contributed by atoms with Crippen LogP contribution in [-0.4, -0.2) is 39.2 Å². The number of ether oxygens (including phenoxy) is 2. The fourth-order valence-electron chi connectivity index (χ4n) is 3.53. The van der Waals surface area contributed by atoms with E-state index < -0.39 is 10.0 Å². The van der Waals surface area contributed by atoms with E-state index in [0.717, 1.165) is 5.56 Å². The maximum absolute atomic E-state index is 13.1. The lowest BCUT2D eigenvalue weighted by Crippen LogP contribution is -2.30. The molecule has 0 unspecified atom stereocenters. The summed E-state index contributed by atoms with van der Waals surface area (Å²) < 4.78 is 38.2. The first-order valence-corrected chi connectivity index (χ1v) is 9.68. The van der Waals surface area contributed by atoms with Gasteiger partial charge < -0.3 is 15.2 Å². The SMILES string of the molecule is Cl.NC[C@@H]1CN(S(=O)(=O)c2ccc3c(c2)OCO3)C[C@H]1c1ccccc1. The van der Waals surface area contributed by atoms with Crippen molar-refractivity contribution in [2.45, 2.75) is 10.8 Å². The molecule has 2 aromatic rings. The van der Waals surface area contributed by atoms with Crippen LogP contribution in [0.4, 0.5) is 0 Å². The zero-order chi connectivity index (χ0) is 17.4. The molecule has 2 atom stereocenters. The molecule has 0 saturated carbocycles. The van der Waals surface area contributed by atoms with E-state index in [1.54, 1.807) is 12.1 Å². The van der Waals surface area contributed by atoms with Gasteiger partial charge in [0, 0.05) is 25.1 Å². The second-order valence-corrected chi connectivity index (χ2v) is 8.29. The molecule has 140 valence electrons. The normalized spacial score (nSPS) is 22.2. The predicted octanol–water partition coefficient (Wildman–Crippen LogP) is 2.20. The molecule has 6 nitrogen and oxygen atoms in total. The predicted molar refractivity (Wildman–Crippen MR) is 100 cm³/mol. The van der Waals surface area contributed by atoms with Crippen molar-refractivity contribution in [1.29, 1.82) is 0 Å². The van der Waals surface area contributed by atoms with Gasteiger partial charge in [0.05, 0.1) is 4.90 Å². The Balaban J connectivity index is 0.00000196. The van der Waals surface area contributed by atoms with Gasteiger partial charge in [0.25, 0.3) is 0 Å². The number of hydrogen-bond acceptors (Lipinski definition) is 5. The summed E-state index contributed by atoms with van der Waals surface area (Å²) in [5.74, 6) is 1.25. The Bertz CT molecular complexity index is 876. The maximum Gasteiger partial charge on any atom is 0.243 e. The molecule has 8 heteroatoms. The molecule has 26 heavy (non-hydrogen) atoms. The molecule has 0 aliphatic carbocycles. The highest BCUT2D eigenvalue weighted by molar-refractivity contribution is 7.89. The molecule has 2 heterocycles. The summed E-state index contributed by atoms with van der Waals surface area (Å²) in [5, 5.41) is 0. The van der Waals surface area contributed by atoms with E-state index in [1.165, 1.54) is 10.4 Å². The van der Waals surface area contributed by atoms with E-state index in [9.17, 15) is 8.42 Å². The number of sulfonamides is 1. The van der Waals surface area contributed by atoms with E-state index in [1.807, 2.05) is 30.3 Å². The zero-order valence-corrected chi connectivity index (χ0v) is 15.7. The molecule has 1 saturated heterocycles. The third kappa shape index (κ3) is 3.27. The minimum Gasteiger partial charge on any atom is -0.454 e. The number of benzene rings is 2. The van der Waals surface area contributed by atoms with Crippen molar-refractivity contribution in [3.63, 3.8) is 0 Å². The molecule has 0 spiro atoms. The van der Waals surface area contributed by atoms with Gasteiger partial charge in [-0.1, -0.05) is 30.3 Å². The van der Waals surface area contributed by atoms with Crippen molar-refractivity contribution < 1.29 is 17.9 Å². The Morgan fingerprint density at radius 1 is 1.04 bits per heavy atom. The molecule has 4 rings (SSSR count). The number of hydrogen-bond donors (Lipinski definition) is 1. The van der Waals surface area contributed by atoms with Crippen molar-refractivity contribution in [1.82, 2.24) is 4.31 Å². The maximum atomic E-state index is 13.1. The summed E-state index contributed by atoms with van der Waals surface area (Å²) in [6.07, 6.45) is 0. The lowest BCUT2D eigenvalue weighted by atomic mass is 9.89. The molecule has 2 N–H and O–H groups in total. The highest BCUT2D eigenvalue weighted by Gasteiger charge is 2.39. The molecule has 0 radical (unpaired) electrons. The summed E-state index contributed by atoms with van der Waals surface area (Å²) in [6.45, 7) is 1.43. The molecule has 0 aromatic heterocycles. The molecule has 2 aliphatic rings. The van der Waals surface area contributed by atoms with Gasteiger partial charge in [-0.05, 0) is 30.2 Å². The summed E-state index contributed by atoms with van der Waals surface area (Å²) in [7, 11) is -3.60. The monoisotopic (exact) mass is 396 g/mol. The van der Waals surface area contributed by atoms with Crippen LogP contribution in [0, 0.1) is 5.92 Å². The molecular formula is C18H21ClN2O4S. The Morgan fingerprint density at radius 3 is 2.50 bits per heavy atom. The van der Waals surface area contributed by atoms with Gasteiger partial charge in [-0.2, -0.15) is 4.31 Å². The Hall–Kier alpha value is -1.80. The molecule has 2 aliphatic heterocycles. The number of halogens is 1. The molecule has 0 bridgehead atoms. The Kier molecular flexibility index (Phi) is 5.43. The minimum atomic E-state index is -3.60. The topological polar surface area (TPSA) is 81.9 Å². The Morgan fingerprint density at radius 2 is 1.77 bits per heavy atom. The molecule has 1 fully saturated rings. The smallest absolute Gasteiger partial charge is 0.243 e. The van der Waals surface area contributed by atoms with Crippen LogP contribution in [0.3, 0.4) is 0 Å². The summed E-state index contributed by atoms with van der Waals surface area (Å²) in [5.41, 5.74) is 7.05. The number of rotatable bonds is 4. The summed E-state index contributed by atoms with van der Waals surface area (Å²) >= 11 is 0. The van der Waals surface area contributed by atoms with Crippen LogP contribution < -0.4 is 15.2 Å². The van der Waals surface area contributed by atoms with Gasteiger partial charge in [0.15, 0.2) is 11.5 Å². The van der Waals surface area contributed by atoms with Crippen molar-refractivity contribution >= 4 is 22.4 Å². The van der Waals surface area contributed by atoms with Crippen molar-refractivity contribution in [3.8, 4) is 11.5 Å². The van der Waals surface area contributed by atoms with Gasteiger partial charge in [0.2, 0.25) is 16.8 Å². The average Bonchev–Trinajstić information content (AvgIpc) is 3.28. The second kappa shape index (κ2) is 7.44. The zero-order valence-electron chi connectivity index (χ0n) is 14.1. The lowest BCUT2D eigenvalue weighted by Gasteiger charge is -2.17. The standard InChI is InChI=1S/C18H20N2O4S.ClH/c19-9-14-10-20(11-16(14)13-4-2-1-3-5-13)25(21,22)15-6-7-17-18(8-15)24-12-23-17;/h1-8,14,16H,9-12,19H2;1H/t14-,16+;/m1./s1. The lowest BCUT2D eigenvalue weighted by molar-refractivity contribution is 0.174. The minimum absolute atomic E-state index is 0. The van der Waals surface area contributed by atoms with E-state index in [-0.39, 0.29) is 35.9 Å². The van der Waals surface area contributed by atoms with Crippen molar-refractivity contribution in [2.24, 2.45) is 11.7 Å². The highest BCUT2D eigenvalue weighted by atomic mass is 35.5. The third-order valence-corrected chi connectivity index (χ3v) is 6.75. The third-order valence-electron chi connectivity index (χ3n) is 4.92. The van der Waals surface area contributed by atoms with E-state index in [4.69, 9.17) is 15.2 Å². The number of fused-ring (bicyclic) bond motifs is 1. The number of nitrogens with two attached hydrogens (primary N) is 1. The second-order valence-electron chi connectivity index (χ2n) is 6.35. The van der Waals surface area contributed by atoms with Crippen LogP contribution in [0.5, 0.6) is 11.5 Å².